The Morgan fingerprint density at radius 3 is 2.06 bits per heavy atom. The van der Waals surface area contributed by atoms with E-state index in [9.17, 15) is 9.36 Å². The minimum absolute atomic E-state index is 0.0151. The van der Waals surface area contributed by atoms with Crippen LogP contribution in [0.25, 0.3) is 0 Å². The van der Waals surface area contributed by atoms with E-state index in [1.54, 1.807) is 27.7 Å². The van der Waals surface area contributed by atoms with Crippen molar-refractivity contribution in [3.05, 3.63) is 10.9 Å². The Hall–Kier alpha value is -0.640. The SMILES string of the molecule is CCOC(=O)C(=C(C)C)P(=O)(OC)OCC. The Kier molecular flexibility index (Phi) is 6.56. The van der Waals surface area contributed by atoms with Crippen molar-refractivity contribution in [1.29, 1.82) is 0 Å². The maximum absolute atomic E-state index is 12.2. The summed E-state index contributed by atoms with van der Waals surface area (Å²) in [4.78, 5) is 11.7. The fourth-order valence-corrected chi connectivity index (χ4v) is 2.76. The van der Waals surface area contributed by atoms with Gasteiger partial charge >= 0.3 is 13.6 Å². The minimum atomic E-state index is -3.55. The molecule has 1 unspecified atom stereocenters. The summed E-state index contributed by atoms with van der Waals surface area (Å²) in [6, 6.07) is 0. The number of carbonyl (C=O) groups excluding carboxylic acids is 1. The van der Waals surface area contributed by atoms with Crippen molar-refractivity contribution >= 4 is 13.6 Å². The van der Waals surface area contributed by atoms with E-state index in [0.717, 1.165) is 0 Å². The number of allylic oxidation sites excluding steroid dienone is 1. The molecule has 0 spiro atoms. The maximum atomic E-state index is 12.2. The molecule has 0 radical (unpaired) electrons. The molecule has 0 amide bonds. The summed E-state index contributed by atoms with van der Waals surface area (Å²) in [5, 5.41) is -0.0151. The zero-order valence-electron chi connectivity index (χ0n) is 10.4. The fraction of sp³-hybridized carbons (Fsp3) is 0.700. The molecule has 0 bridgehead atoms. The standard InChI is InChI=1S/C10H19O5P/c1-6-14-10(11)9(8(3)4)16(12,13-5)15-7-2/h6-7H2,1-5H3. The van der Waals surface area contributed by atoms with Gasteiger partial charge in [-0.2, -0.15) is 0 Å². The summed E-state index contributed by atoms with van der Waals surface area (Å²) >= 11 is 0. The van der Waals surface area contributed by atoms with Gasteiger partial charge in [0, 0.05) is 7.11 Å². The number of ether oxygens (including phenoxy) is 1. The largest absolute Gasteiger partial charge is 0.462 e. The number of carbonyl (C=O) groups is 1. The second-order valence-electron chi connectivity index (χ2n) is 3.17. The first-order valence-corrected chi connectivity index (χ1v) is 6.62. The van der Waals surface area contributed by atoms with Crippen molar-refractivity contribution in [2.75, 3.05) is 20.3 Å². The van der Waals surface area contributed by atoms with E-state index in [1.165, 1.54) is 7.11 Å². The molecule has 0 aliphatic heterocycles. The number of hydrogen-bond acceptors (Lipinski definition) is 5. The van der Waals surface area contributed by atoms with Crippen molar-refractivity contribution in [2.45, 2.75) is 27.7 Å². The molecule has 94 valence electrons. The van der Waals surface area contributed by atoms with Crippen LogP contribution in [0.5, 0.6) is 0 Å². The van der Waals surface area contributed by atoms with Gasteiger partial charge in [0.2, 0.25) is 0 Å². The van der Waals surface area contributed by atoms with E-state index >= 15 is 0 Å². The molecule has 16 heavy (non-hydrogen) atoms. The average Bonchev–Trinajstić information content (AvgIpc) is 2.18. The van der Waals surface area contributed by atoms with Crippen LogP contribution in [-0.2, 0) is 23.1 Å². The highest BCUT2D eigenvalue weighted by Crippen LogP contribution is 2.56. The van der Waals surface area contributed by atoms with Gasteiger partial charge in [0.05, 0.1) is 13.2 Å². The Morgan fingerprint density at radius 2 is 1.75 bits per heavy atom. The normalized spacial score (nSPS) is 14.1. The topological polar surface area (TPSA) is 61.8 Å². The summed E-state index contributed by atoms with van der Waals surface area (Å²) in [6.07, 6.45) is 0. The van der Waals surface area contributed by atoms with Crippen molar-refractivity contribution in [1.82, 2.24) is 0 Å². The van der Waals surface area contributed by atoms with Crippen LogP contribution >= 0.6 is 7.60 Å². The third-order valence-electron chi connectivity index (χ3n) is 1.76. The van der Waals surface area contributed by atoms with Gasteiger partial charge in [0.15, 0.2) is 0 Å². The lowest BCUT2D eigenvalue weighted by Gasteiger charge is -2.18. The number of rotatable bonds is 6. The molecule has 0 saturated heterocycles. The average molecular weight is 250 g/mol. The molecule has 0 aromatic carbocycles. The van der Waals surface area contributed by atoms with Gasteiger partial charge < -0.3 is 13.8 Å². The van der Waals surface area contributed by atoms with Crippen LogP contribution in [0.3, 0.4) is 0 Å². The van der Waals surface area contributed by atoms with Crippen molar-refractivity contribution in [3.8, 4) is 0 Å². The van der Waals surface area contributed by atoms with Crippen LogP contribution in [0.4, 0.5) is 0 Å². The molecule has 0 rings (SSSR count). The van der Waals surface area contributed by atoms with Gasteiger partial charge in [0.25, 0.3) is 0 Å². The maximum Gasteiger partial charge on any atom is 0.368 e. The molecule has 1 atom stereocenters. The number of hydrogen-bond donors (Lipinski definition) is 0. The second kappa shape index (κ2) is 6.84. The zero-order chi connectivity index (χ0) is 12.8. The van der Waals surface area contributed by atoms with E-state index < -0.39 is 13.6 Å². The molecule has 0 saturated carbocycles. The van der Waals surface area contributed by atoms with Crippen LogP contribution in [0.15, 0.2) is 10.9 Å². The highest BCUT2D eigenvalue weighted by Gasteiger charge is 2.36. The summed E-state index contributed by atoms with van der Waals surface area (Å²) in [5.74, 6) is -0.652. The van der Waals surface area contributed by atoms with Crippen LogP contribution in [0.2, 0.25) is 0 Å². The van der Waals surface area contributed by atoms with Crippen LogP contribution in [0.1, 0.15) is 27.7 Å². The van der Waals surface area contributed by atoms with Gasteiger partial charge in [-0.1, -0.05) is 5.57 Å². The third-order valence-corrected chi connectivity index (χ3v) is 4.01. The third kappa shape index (κ3) is 3.74. The van der Waals surface area contributed by atoms with E-state index in [4.69, 9.17) is 13.8 Å². The highest BCUT2D eigenvalue weighted by atomic mass is 31.2. The molecule has 5 nitrogen and oxygen atoms in total. The molecule has 0 aliphatic rings. The fourth-order valence-electron chi connectivity index (χ4n) is 1.17. The summed E-state index contributed by atoms with van der Waals surface area (Å²) in [6.45, 7) is 7.10. The van der Waals surface area contributed by atoms with Gasteiger partial charge in [-0.3, -0.25) is 4.57 Å². The van der Waals surface area contributed by atoms with E-state index in [1.807, 2.05) is 0 Å². The molecule has 0 heterocycles. The van der Waals surface area contributed by atoms with Crippen LogP contribution in [-0.4, -0.2) is 26.3 Å². The molecular formula is C10H19O5P. The quantitative estimate of drug-likeness (QED) is 0.412. The summed E-state index contributed by atoms with van der Waals surface area (Å²) in [5.41, 5.74) is 0.567. The first-order chi connectivity index (χ1) is 7.42. The Bertz CT molecular complexity index is 317. The Labute approximate surface area is 96.3 Å². The van der Waals surface area contributed by atoms with Gasteiger partial charge in [0.1, 0.15) is 5.31 Å². The smallest absolute Gasteiger partial charge is 0.368 e. The van der Waals surface area contributed by atoms with Crippen molar-refractivity contribution in [2.24, 2.45) is 0 Å². The van der Waals surface area contributed by atoms with Gasteiger partial charge in [-0.25, -0.2) is 4.79 Å². The zero-order valence-corrected chi connectivity index (χ0v) is 11.3. The lowest BCUT2D eigenvalue weighted by Crippen LogP contribution is -2.12. The molecule has 0 aromatic heterocycles. The monoisotopic (exact) mass is 250 g/mol. The lowest BCUT2D eigenvalue weighted by molar-refractivity contribution is -0.137. The minimum Gasteiger partial charge on any atom is -0.462 e. The van der Waals surface area contributed by atoms with E-state index in [-0.39, 0.29) is 18.5 Å². The van der Waals surface area contributed by atoms with Crippen molar-refractivity contribution < 1.29 is 23.1 Å². The van der Waals surface area contributed by atoms with Gasteiger partial charge in [-0.05, 0) is 27.7 Å². The Morgan fingerprint density at radius 1 is 1.19 bits per heavy atom. The summed E-state index contributed by atoms with van der Waals surface area (Å²) in [7, 11) is -2.30. The van der Waals surface area contributed by atoms with Crippen LogP contribution in [0, 0.1) is 0 Å². The summed E-state index contributed by atoms with van der Waals surface area (Å²) < 4.78 is 27.0. The first-order valence-electron chi connectivity index (χ1n) is 5.08. The number of esters is 1. The molecule has 0 aromatic rings. The van der Waals surface area contributed by atoms with Crippen molar-refractivity contribution in [3.63, 3.8) is 0 Å². The Balaban J connectivity index is 5.29. The molecule has 0 aliphatic carbocycles. The molecule has 6 heteroatoms. The van der Waals surface area contributed by atoms with Crippen LogP contribution < -0.4 is 0 Å². The molecular weight excluding hydrogens is 231 g/mol. The highest BCUT2D eigenvalue weighted by molar-refractivity contribution is 7.60. The predicted octanol–water partition coefficient (Wildman–Crippen LogP) is 2.72. The van der Waals surface area contributed by atoms with E-state index in [2.05, 4.69) is 0 Å². The molecule has 0 N–H and O–H groups in total. The predicted molar refractivity (Wildman–Crippen MR) is 61.2 cm³/mol. The second-order valence-corrected chi connectivity index (χ2v) is 5.23. The molecule has 0 fully saturated rings. The lowest BCUT2D eigenvalue weighted by atomic mass is 10.3. The first kappa shape index (κ1) is 15.4. The van der Waals surface area contributed by atoms with E-state index in [0.29, 0.717) is 5.57 Å². The van der Waals surface area contributed by atoms with Gasteiger partial charge in [-0.15, -0.1) is 0 Å².